The van der Waals surface area contributed by atoms with Gasteiger partial charge in [-0.3, -0.25) is 9.88 Å². The van der Waals surface area contributed by atoms with E-state index in [0.29, 0.717) is 0 Å². The number of benzene rings is 1. The van der Waals surface area contributed by atoms with Crippen molar-refractivity contribution in [2.45, 2.75) is 19.5 Å². The van der Waals surface area contributed by atoms with E-state index >= 15 is 0 Å². The van der Waals surface area contributed by atoms with Crippen LogP contribution in [0, 0.1) is 0 Å². The molecule has 2 aromatic rings. The van der Waals surface area contributed by atoms with Gasteiger partial charge in [0.05, 0.1) is 5.69 Å². The first-order chi connectivity index (χ1) is 10.6. The first-order valence-corrected chi connectivity index (χ1v) is 8.03. The Bertz CT molecular complexity index is 540. The summed E-state index contributed by atoms with van der Waals surface area (Å²) in [4.78, 5) is 9.11. The van der Waals surface area contributed by atoms with E-state index in [2.05, 4.69) is 47.1 Å². The Kier molecular flexibility index (Phi) is 6.84. The first-order valence-electron chi connectivity index (χ1n) is 7.65. The average Bonchev–Trinajstić information content (AvgIpc) is 2.50. The standard InChI is InChI=1S/C18H24ClN3/c1-21(2)12-5-13-22(15-18-6-3-4-11-20-18)14-16-7-9-17(19)10-8-16/h3-4,6-11H,5,12-15H2,1-2H3. The van der Waals surface area contributed by atoms with E-state index in [-0.39, 0.29) is 0 Å². The normalized spacial score (nSPS) is 11.3. The van der Waals surface area contributed by atoms with Gasteiger partial charge in [-0.15, -0.1) is 0 Å². The summed E-state index contributed by atoms with van der Waals surface area (Å²) in [6, 6.07) is 14.2. The molecule has 0 aliphatic carbocycles. The molecule has 0 N–H and O–H groups in total. The summed E-state index contributed by atoms with van der Waals surface area (Å²) >= 11 is 5.97. The number of pyridine rings is 1. The molecule has 0 aliphatic rings. The zero-order valence-electron chi connectivity index (χ0n) is 13.4. The predicted molar refractivity (Wildman–Crippen MR) is 93.0 cm³/mol. The highest BCUT2D eigenvalue weighted by Gasteiger charge is 2.08. The summed E-state index contributed by atoms with van der Waals surface area (Å²) in [7, 11) is 4.23. The smallest absolute Gasteiger partial charge is 0.0544 e. The summed E-state index contributed by atoms with van der Waals surface area (Å²) in [5.74, 6) is 0. The number of hydrogen-bond acceptors (Lipinski definition) is 3. The highest BCUT2D eigenvalue weighted by atomic mass is 35.5. The summed E-state index contributed by atoms with van der Waals surface area (Å²) in [6.07, 6.45) is 3.00. The Morgan fingerprint density at radius 2 is 1.73 bits per heavy atom. The van der Waals surface area contributed by atoms with Crippen molar-refractivity contribution in [2.24, 2.45) is 0 Å². The van der Waals surface area contributed by atoms with Crippen molar-refractivity contribution >= 4 is 11.6 Å². The fourth-order valence-corrected chi connectivity index (χ4v) is 2.52. The van der Waals surface area contributed by atoms with Crippen LogP contribution in [0.4, 0.5) is 0 Å². The van der Waals surface area contributed by atoms with Crippen molar-refractivity contribution in [1.29, 1.82) is 0 Å². The van der Waals surface area contributed by atoms with Gasteiger partial charge in [-0.2, -0.15) is 0 Å². The number of nitrogens with zero attached hydrogens (tertiary/aromatic N) is 3. The van der Waals surface area contributed by atoms with Crippen molar-refractivity contribution < 1.29 is 0 Å². The molecule has 1 heterocycles. The van der Waals surface area contributed by atoms with Gasteiger partial charge in [0.2, 0.25) is 0 Å². The van der Waals surface area contributed by atoms with Crippen LogP contribution in [0.3, 0.4) is 0 Å². The molecule has 0 bridgehead atoms. The van der Waals surface area contributed by atoms with Crippen LogP contribution in [0.25, 0.3) is 0 Å². The molecule has 0 atom stereocenters. The molecule has 4 heteroatoms. The van der Waals surface area contributed by atoms with Gasteiger partial charge in [-0.25, -0.2) is 0 Å². The first kappa shape index (κ1) is 16.9. The average molecular weight is 318 g/mol. The van der Waals surface area contributed by atoms with Crippen molar-refractivity contribution in [3.05, 3.63) is 64.9 Å². The number of hydrogen-bond donors (Lipinski definition) is 0. The minimum absolute atomic E-state index is 0.785. The fourth-order valence-electron chi connectivity index (χ4n) is 2.39. The molecule has 22 heavy (non-hydrogen) atoms. The molecule has 0 unspecified atom stereocenters. The predicted octanol–water partition coefficient (Wildman–Crippen LogP) is 3.69. The Morgan fingerprint density at radius 3 is 2.36 bits per heavy atom. The van der Waals surface area contributed by atoms with Crippen LogP contribution < -0.4 is 0 Å². The number of aromatic nitrogens is 1. The molecule has 1 aromatic carbocycles. The van der Waals surface area contributed by atoms with Crippen molar-refractivity contribution in [3.8, 4) is 0 Å². The van der Waals surface area contributed by atoms with Gasteiger partial charge in [0, 0.05) is 30.9 Å². The van der Waals surface area contributed by atoms with Gasteiger partial charge in [0.1, 0.15) is 0 Å². The second kappa shape index (κ2) is 8.89. The minimum Gasteiger partial charge on any atom is -0.309 e. The lowest BCUT2D eigenvalue weighted by atomic mass is 10.2. The van der Waals surface area contributed by atoms with Crippen molar-refractivity contribution in [2.75, 3.05) is 27.2 Å². The lowest BCUT2D eigenvalue weighted by Crippen LogP contribution is -2.27. The van der Waals surface area contributed by atoms with Gasteiger partial charge in [0.25, 0.3) is 0 Å². The second-order valence-corrected chi connectivity index (χ2v) is 6.25. The molecule has 0 spiro atoms. The van der Waals surface area contributed by atoms with Crippen LogP contribution in [-0.4, -0.2) is 42.0 Å². The lowest BCUT2D eigenvalue weighted by Gasteiger charge is -2.23. The summed E-state index contributed by atoms with van der Waals surface area (Å²) < 4.78 is 0. The number of rotatable bonds is 8. The molecule has 0 saturated carbocycles. The SMILES string of the molecule is CN(C)CCCN(Cc1ccc(Cl)cc1)Cc1ccccn1. The largest absolute Gasteiger partial charge is 0.309 e. The topological polar surface area (TPSA) is 19.4 Å². The summed E-state index contributed by atoms with van der Waals surface area (Å²) in [6.45, 7) is 3.94. The molecular formula is C18H24ClN3. The zero-order chi connectivity index (χ0) is 15.8. The van der Waals surface area contributed by atoms with Crippen LogP contribution in [0.1, 0.15) is 17.7 Å². The minimum atomic E-state index is 0.785. The summed E-state index contributed by atoms with van der Waals surface area (Å²) in [5, 5.41) is 0.785. The molecule has 118 valence electrons. The Balaban J connectivity index is 1.98. The molecule has 0 aliphatic heterocycles. The molecule has 2 rings (SSSR count). The van der Waals surface area contributed by atoms with Crippen LogP contribution in [0.15, 0.2) is 48.7 Å². The Labute approximate surface area is 138 Å². The highest BCUT2D eigenvalue weighted by molar-refractivity contribution is 6.30. The van der Waals surface area contributed by atoms with Gasteiger partial charge in [-0.05, 0) is 56.9 Å². The third kappa shape index (κ3) is 6.14. The molecule has 0 amide bonds. The van der Waals surface area contributed by atoms with Gasteiger partial charge >= 0.3 is 0 Å². The highest BCUT2D eigenvalue weighted by Crippen LogP contribution is 2.13. The molecule has 0 radical (unpaired) electrons. The molecule has 1 aromatic heterocycles. The Morgan fingerprint density at radius 1 is 0.955 bits per heavy atom. The van der Waals surface area contributed by atoms with E-state index in [1.807, 2.05) is 30.5 Å². The van der Waals surface area contributed by atoms with E-state index in [9.17, 15) is 0 Å². The van der Waals surface area contributed by atoms with Gasteiger partial charge < -0.3 is 4.90 Å². The van der Waals surface area contributed by atoms with Gasteiger partial charge in [0.15, 0.2) is 0 Å². The quantitative estimate of drug-likeness (QED) is 0.740. The van der Waals surface area contributed by atoms with E-state index in [1.54, 1.807) is 0 Å². The fraction of sp³-hybridized carbons (Fsp3) is 0.389. The van der Waals surface area contributed by atoms with Crippen LogP contribution >= 0.6 is 11.6 Å². The van der Waals surface area contributed by atoms with Crippen molar-refractivity contribution in [3.63, 3.8) is 0 Å². The maximum absolute atomic E-state index is 5.97. The molecule has 0 fully saturated rings. The van der Waals surface area contributed by atoms with E-state index in [4.69, 9.17) is 11.6 Å². The maximum atomic E-state index is 5.97. The van der Waals surface area contributed by atoms with Crippen LogP contribution in [0.5, 0.6) is 0 Å². The number of halogens is 1. The second-order valence-electron chi connectivity index (χ2n) is 5.82. The maximum Gasteiger partial charge on any atom is 0.0544 e. The van der Waals surface area contributed by atoms with Crippen LogP contribution in [-0.2, 0) is 13.1 Å². The lowest BCUT2D eigenvalue weighted by molar-refractivity contribution is 0.237. The molecule has 0 saturated heterocycles. The van der Waals surface area contributed by atoms with E-state index < -0.39 is 0 Å². The Hall–Kier alpha value is -1.42. The van der Waals surface area contributed by atoms with E-state index in [1.165, 1.54) is 5.56 Å². The third-order valence-electron chi connectivity index (χ3n) is 3.51. The van der Waals surface area contributed by atoms with Crippen LogP contribution in [0.2, 0.25) is 5.02 Å². The van der Waals surface area contributed by atoms with E-state index in [0.717, 1.165) is 43.3 Å². The molecule has 3 nitrogen and oxygen atoms in total. The van der Waals surface area contributed by atoms with Gasteiger partial charge in [-0.1, -0.05) is 29.8 Å². The van der Waals surface area contributed by atoms with Crippen molar-refractivity contribution in [1.82, 2.24) is 14.8 Å². The third-order valence-corrected chi connectivity index (χ3v) is 3.76. The summed E-state index contributed by atoms with van der Waals surface area (Å²) in [5.41, 5.74) is 2.39. The molecular weight excluding hydrogens is 294 g/mol. The zero-order valence-corrected chi connectivity index (χ0v) is 14.1. The monoisotopic (exact) mass is 317 g/mol.